The number of methoxy groups -OCH3 is 2. The van der Waals surface area contributed by atoms with E-state index in [-0.39, 0.29) is 17.9 Å². The van der Waals surface area contributed by atoms with Crippen molar-refractivity contribution < 1.29 is 24.2 Å². The number of fused-ring (bicyclic) bond motifs is 1. The lowest BCUT2D eigenvalue weighted by atomic mass is 10.2. The summed E-state index contributed by atoms with van der Waals surface area (Å²) >= 11 is 0. The second-order valence-corrected chi connectivity index (χ2v) is 6.65. The molecule has 3 rings (SSSR count). The molecule has 1 fully saturated rings. The smallest absolute Gasteiger partial charge is 0.326 e. The Balaban J connectivity index is 1.71. The van der Waals surface area contributed by atoms with Gasteiger partial charge in [0.25, 0.3) is 5.56 Å². The van der Waals surface area contributed by atoms with Crippen LogP contribution < -0.4 is 15.0 Å². The highest BCUT2D eigenvalue weighted by Gasteiger charge is 2.33. The lowest BCUT2D eigenvalue weighted by molar-refractivity contribution is -0.148. The Morgan fingerprint density at radius 3 is 2.64 bits per heavy atom. The molecule has 1 aliphatic heterocycles. The van der Waals surface area contributed by atoms with Crippen LogP contribution in [0.25, 0.3) is 10.9 Å². The number of aromatic nitrogens is 2. The van der Waals surface area contributed by atoms with Gasteiger partial charge in [0.2, 0.25) is 5.91 Å². The maximum Gasteiger partial charge on any atom is 0.326 e. The number of ether oxygens (including phenoxy) is 2. The summed E-state index contributed by atoms with van der Waals surface area (Å²) in [4.78, 5) is 42.0. The molecule has 1 unspecified atom stereocenters. The zero-order valence-electron chi connectivity index (χ0n) is 15.9. The number of aliphatic carboxylic acids is 1. The van der Waals surface area contributed by atoms with Crippen LogP contribution in [-0.2, 0) is 16.1 Å². The number of likely N-dealkylation sites (tertiary alicyclic amines) is 1. The van der Waals surface area contributed by atoms with Crippen molar-refractivity contribution in [1.82, 2.24) is 14.5 Å². The fourth-order valence-corrected chi connectivity index (χ4v) is 3.51. The van der Waals surface area contributed by atoms with Gasteiger partial charge in [0, 0.05) is 25.6 Å². The third-order valence-electron chi connectivity index (χ3n) is 4.98. The van der Waals surface area contributed by atoms with Crippen molar-refractivity contribution in [1.29, 1.82) is 0 Å². The predicted octanol–water partition coefficient (Wildman–Crippen LogP) is 1.27. The molecule has 0 aliphatic carbocycles. The highest BCUT2D eigenvalue weighted by atomic mass is 16.5. The summed E-state index contributed by atoms with van der Waals surface area (Å²) in [6, 6.07) is 2.50. The summed E-state index contributed by atoms with van der Waals surface area (Å²) in [5.74, 6) is -0.234. The number of rotatable bonds is 7. The van der Waals surface area contributed by atoms with Crippen LogP contribution in [0.2, 0.25) is 0 Å². The van der Waals surface area contributed by atoms with Gasteiger partial charge in [-0.2, -0.15) is 0 Å². The fraction of sp³-hybridized carbons (Fsp3) is 0.474. The standard InChI is InChI=1S/C19H23N3O6/c1-27-15-9-12-13(10-16(15)28-2)20-11-21(18(12)24)7-4-6-17(23)22-8-3-5-14(22)19(25)26/h9-11,14H,3-8H2,1-2H3,(H,25,26). The van der Waals surface area contributed by atoms with E-state index in [1.807, 2.05) is 0 Å². The van der Waals surface area contributed by atoms with E-state index in [4.69, 9.17) is 9.47 Å². The minimum absolute atomic E-state index is 0.181. The molecule has 28 heavy (non-hydrogen) atoms. The monoisotopic (exact) mass is 389 g/mol. The molecule has 1 N–H and O–H groups in total. The number of carbonyl (C=O) groups excluding carboxylic acids is 1. The second-order valence-electron chi connectivity index (χ2n) is 6.65. The van der Waals surface area contributed by atoms with Gasteiger partial charge in [0.05, 0.1) is 31.4 Å². The summed E-state index contributed by atoms with van der Waals surface area (Å²) in [5.41, 5.74) is 0.263. The first-order valence-electron chi connectivity index (χ1n) is 9.09. The lowest BCUT2D eigenvalue weighted by Crippen LogP contribution is -2.40. The number of hydrogen-bond donors (Lipinski definition) is 1. The normalized spacial score (nSPS) is 16.4. The highest BCUT2D eigenvalue weighted by molar-refractivity contribution is 5.84. The highest BCUT2D eigenvalue weighted by Crippen LogP contribution is 2.29. The van der Waals surface area contributed by atoms with E-state index >= 15 is 0 Å². The van der Waals surface area contributed by atoms with Crippen LogP contribution in [-0.4, -0.2) is 58.2 Å². The van der Waals surface area contributed by atoms with E-state index in [0.717, 1.165) is 0 Å². The van der Waals surface area contributed by atoms with Gasteiger partial charge in [-0.25, -0.2) is 9.78 Å². The number of aryl methyl sites for hydroxylation is 1. The Bertz CT molecular complexity index is 955. The molecule has 150 valence electrons. The molecule has 0 spiro atoms. The number of carboxylic acids is 1. The van der Waals surface area contributed by atoms with E-state index < -0.39 is 12.0 Å². The topological polar surface area (TPSA) is 111 Å². The van der Waals surface area contributed by atoms with Crippen LogP contribution in [0.15, 0.2) is 23.3 Å². The van der Waals surface area contributed by atoms with Gasteiger partial charge in [0.15, 0.2) is 11.5 Å². The van der Waals surface area contributed by atoms with Crippen LogP contribution in [0.3, 0.4) is 0 Å². The third kappa shape index (κ3) is 3.78. The largest absolute Gasteiger partial charge is 0.493 e. The van der Waals surface area contributed by atoms with E-state index in [9.17, 15) is 19.5 Å². The first kappa shape index (κ1) is 19.7. The quantitative estimate of drug-likeness (QED) is 0.759. The number of nitrogens with zero attached hydrogens (tertiary/aromatic N) is 3. The van der Waals surface area contributed by atoms with Gasteiger partial charge in [-0.3, -0.25) is 14.2 Å². The van der Waals surface area contributed by atoms with Crippen LogP contribution in [0.4, 0.5) is 0 Å². The van der Waals surface area contributed by atoms with Crippen molar-refractivity contribution in [2.45, 2.75) is 38.3 Å². The minimum Gasteiger partial charge on any atom is -0.493 e. The van der Waals surface area contributed by atoms with E-state index in [0.29, 0.717) is 54.8 Å². The van der Waals surface area contributed by atoms with Crippen molar-refractivity contribution in [3.8, 4) is 11.5 Å². The molecule has 2 heterocycles. The van der Waals surface area contributed by atoms with Crippen LogP contribution in [0, 0.1) is 0 Å². The molecular formula is C19H23N3O6. The molecule has 9 heteroatoms. The molecule has 0 bridgehead atoms. The van der Waals surface area contributed by atoms with Gasteiger partial charge in [-0.15, -0.1) is 0 Å². The van der Waals surface area contributed by atoms with E-state index in [2.05, 4.69) is 4.98 Å². The number of benzene rings is 1. The molecule has 1 saturated heterocycles. The predicted molar refractivity (Wildman–Crippen MR) is 101 cm³/mol. The molecule has 2 aromatic rings. The number of carbonyl (C=O) groups is 2. The first-order valence-corrected chi connectivity index (χ1v) is 9.09. The maximum atomic E-state index is 12.7. The van der Waals surface area contributed by atoms with Crippen molar-refractivity contribution in [3.05, 3.63) is 28.8 Å². The van der Waals surface area contributed by atoms with Gasteiger partial charge in [-0.05, 0) is 25.3 Å². The minimum atomic E-state index is -0.967. The summed E-state index contributed by atoms with van der Waals surface area (Å²) < 4.78 is 11.9. The summed E-state index contributed by atoms with van der Waals surface area (Å²) in [6.45, 7) is 0.780. The Kier molecular flexibility index (Phi) is 5.81. The van der Waals surface area contributed by atoms with Gasteiger partial charge >= 0.3 is 5.97 Å². The average Bonchev–Trinajstić information content (AvgIpc) is 3.19. The molecule has 1 aromatic carbocycles. The SMILES string of the molecule is COc1cc2ncn(CCCC(=O)N3CCCC3C(=O)O)c(=O)c2cc1OC. The number of hydrogen-bond acceptors (Lipinski definition) is 6. The van der Waals surface area contributed by atoms with E-state index in [1.54, 1.807) is 12.1 Å². The molecule has 1 aliphatic rings. The zero-order valence-corrected chi connectivity index (χ0v) is 15.9. The Hall–Kier alpha value is -3.10. The van der Waals surface area contributed by atoms with E-state index in [1.165, 1.54) is 30.0 Å². The summed E-state index contributed by atoms with van der Waals surface area (Å²) in [7, 11) is 3.00. The van der Waals surface area contributed by atoms with Crippen LogP contribution in [0.5, 0.6) is 11.5 Å². The molecule has 0 saturated carbocycles. The number of carboxylic acid groups (broad SMARTS) is 1. The van der Waals surface area contributed by atoms with Crippen LogP contribution in [0.1, 0.15) is 25.7 Å². The summed E-state index contributed by atoms with van der Waals surface area (Å²) in [6.07, 6.45) is 3.22. The fourth-order valence-electron chi connectivity index (χ4n) is 3.51. The van der Waals surface area contributed by atoms with Crippen molar-refractivity contribution in [2.75, 3.05) is 20.8 Å². The first-order chi connectivity index (χ1) is 13.5. The van der Waals surface area contributed by atoms with Crippen LogP contribution >= 0.6 is 0 Å². The van der Waals surface area contributed by atoms with Crippen molar-refractivity contribution >= 4 is 22.8 Å². The Morgan fingerprint density at radius 2 is 1.96 bits per heavy atom. The van der Waals surface area contributed by atoms with Gasteiger partial charge in [0.1, 0.15) is 6.04 Å². The third-order valence-corrected chi connectivity index (χ3v) is 4.98. The average molecular weight is 389 g/mol. The molecule has 1 aromatic heterocycles. The lowest BCUT2D eigenvalue weighted by Gasteiger charge is -2.21. The summed E-state index contributed by atoms with van der Waals surface area (Å²) in [5, 5.41) is 9.59. The molecule has 0 radical (unpaired) electrons. The molecular weight excluding hydrogens is 366 g/mol. The van der Waals surface area contributed by atoms with Gasteiger partial charge < -0.3 is 19.5 Å². The van der Waals surface area contributed by atoms with Crippen molar-refractivity contribution in [3.63, 3.8) is 0 Å². The second kappa shape index (κ2) is 8.28. The Morgan fingerprint density at radius 1 is 1.25 bits per heavy atom. The number of amides is 1. The molecule has 1 amide bonds. The molecule has 1 atom stereocenters. The zero-order chi connectivity index (χ0) is 20.3. The van der Waals surface area contributed by atoms with Gasteiger partial charge in [-0.1, -0.05) is 0 Å². The van der Waals surface area contributed by atoms with Crippen molar-refractivity contribution in [2.24, 2.45) is 0 Å². The molecule has 9 nitrogen and oxygen atoms in total. The maximum absolute atomic E-state index is 12.7. The Labute approximate surface area is 161 Å².